The van der Waals surface area contributed by atoms with E-state index in [1.807, 2.05) is 24.3 Å². The first-order valence-electron chi connectivity index (χ1n) is 6.29. The largest absolute Gasteiger partial charge is 0.440 e. The summed E-state index contributed by atoms with van der Waals surface area (Å²) in [7, 11) is 0. The van der Waals surface area contributed by atoms with Crippen LogP contribution in [0.1, 0.15) is 50.3 Å². The number of hydrogen-bond donors (Lipinski definition) is 0. The van der Waals surface area contributed by atoms with Gasteiger partial charge in [0.15, 0.2) is 11.5 Å². The van der Waals surface area contributed by atoms with E-state index in [2.05, 4.69) is 4.98 Å². The van der Waals surface area contributed by atoms with Crippen LogP contribution in [0.25, 0.3) is 11.1 Å². The Hall–Kier alpha value is -1.31. The fourth-order valence-corrected chi connectivity index (χ4v) is 2.59. The van der Waals surface area contributed by atoms with Crippen molar-refractivity contribution in [2.24, 2.45) is 0 Å². The molecule has 1 saturated carbocycles. The number of hydrogen-bond acceptors (Lipinski definition) is 2. The van der Waals surface area contributed by atoms with Gasteiger partial charge in [0.25, 0.3) is 0 Å². The molecule has 1 aromatic carbocycles. The first-order chi connectivity index (χ1) is 7.93. The fourth-order valence-electron chi connectivity index (χ4n) is 2.59. The summed E-state index contributed by atoms with van der Waals surface area (Å²) >= 11 is 0. The molecule has 0 aliphatic heterocycles. The SMILES string of the molecule is c1ccc2oc(C3CCCCCC3)nc2c1. The third-order valence-electron chi connectivity index (χ3n) is 3.51. The van der Waals surface area contributed by atoms with Gasteiger partial charge in [-0.1, -0.05) is 37.8 Å². The number of oxazole rings is 1. The van der Waals surface area contributed by atoms with E-state index in [0.717, 1.165) is 17.0 Å². The lowest BCUT2D eigenvalue weighted by atomic mass is 10.0. The minimum Gasteiger partial charge on any atom is -0.440 e. The zero-order chi connectivity index (χ0) is 10.8. The molecule has 0 radical (unpaired) electrons. The molecule has 0 unspecified atom stereocenters. The zero-order valence-corrected chi connectivity index (χ0v) is 9.48. The lowest BCUT2D eigenvalue weighted by molar-refractivity contribution is 0.438. The number of benzene rings is 1. The van der Waals surface area contributed by atoms with Gasteiger partial charge in [-0.25, -0.2) is 4.98 Å². The maximum Gasteiger partial charge on any atom is 0.198 e. The molecule has 2 nitrogen and oxygen atoms in total. The molecule has 16 heavy (non-hydrogen) atoms. The maximum atomic E-state index is 5.85. The molecule has 1 aliphatic carbocycles. The molecule has 2 heteroatoms. The molecule has 0 saturated heterocycles. The molecule has 0 bridgehead atoms. The van der Waals surface area contributed by atoms with Crippen molar-refractivity contribution in [1.29, 1.82) is 0 Å². The summed E-state index contributed by atoms with van der Waals surface area (Å²) in [6.07, 6.45) is 7.87. The van der Waals surface area contributed by atoms with E-state index in [4.69, 9.17) is 4.42 Å². The molecule has 1 fully saturated rings. The Balaban J connectivity index is 1.92. The zero-order valence-electron chi connectivity index (χ0n) is 9.48. The van der Waals surface area contributed by atoms with Gasteiger partial charge in [0.1, 0.15) is 5.52 Å². The van der Waals surface area contributed by atoms with Crippen LogP contribution in [-0.4, -0.2) is 4.98 Å². The van der Waals surface area contributed by atoms with Gasteiger partial charge in [-0.05, 0) is 25.0 Å². The van der Waals surface area contributed by atoms with Crippen molar-refractivity contribution in [3.8, 4) is 0 Å². The van der Waals surface area contributed by atoms with Crippen molar-refractivity contribution >= 4 is 11.1 Å². The molecule has 1 heterocycles. The summed E-state index contributed by atoms with van der Waals surface area (Å²) in [5, 5.41) is 0. The molecule has 1 aromatic heterocycles. The van der Waals surface area contributed by atoms with E-state index in [-0.39, 0.29) is 0 Å². The lowest BCUT2D eigenvalue weighted by Gasteiger charge is -2.07. The van der Waals surface area contributed by atoms with Gasteiger partial charge < -0.3 is 4.42 Å². The van der Waals surface area contributed by atoms with Gasteiger partial charge in [0.2, 0.25) is 0 Å². The predicted molar refractivity (Wildman–Crippen MR) is 64.5 cm³/mol. The second-order valence-corrected chi connectivity index (χ2v) is 4.71. The van der Waals surface area contributed by atoms with Gasteiger partial charge in [-0.3, -0.25) is 0 Å². The van der Waals surface area contributed by atoms with Gasteiger partial charge in [-0.2, -0.15) is 0 Å². The molecule has 3 rings (SSSR count). The summed E-state index contributed by atoms with van der Waals surface area (Å²) in [5.41, 5.74) is 1.93. The van der Waals surface area contributed by atoms with Crippen LogP contribution < -0.4 is 0 Å². The number of fused-ring (bicyclic) bond motifs is 1. The van der Waals surface area contributed by atoms with Crippen LogP contribution in [0.2, 0.25) is 0 Å². The van der Waals surface area contributed by atoms with Crippen LogP contribution >= 0.6 is 0 Å². The third-order valence-corrected chi connectivity index (χ3v) is 3.51. The minimum absolute atomic E-state index is 0.551. The average Bonchev–Trinajstić information content (AvgIpc) is 2.56. The highest BCUT2D eigenvalue weighted by Crippen LogP contribution is 2.32. The highest BCUT2D eigenvalue weighted by atomic mass is 16.3. The van der Waals surface area contributed by atoms with Crippen molar-refractivity contribution < 1.29 is 4.42 Å². The standard InChI is InChI=1S/C14H17NO/c1-2-4-8-11(7-3-1)14-15-12-9-5-6-10-13(12)16-14/h5-6,9-11H,1-4,7-8H2. The van der Waals surface area contributed by atoms with Crippen LogP contribution in [0.3, 0.4) is 0 Å². The Morgan fingerprint density at radius 3 is 2.50 bits per heavy atom. The molecule has 0 spiro atoms. The van der Waals surface area contributed by atoms with E-state index in [9.17, 15) is 0 Å². The normalized spacial score (nSPS) is 18.8. The second kappa shape index (κ2) is 4.28. The van der Waals surface area contributed by atoms with Gasteiger partial charge in [-0.15, -0.1) is 0 Å². The average molecular weight is 215 g/mol. The lowest BCUT2D eigenvalue weighted by Crippen LogP contribution is -1.96. The predicted octanol–water partition coefficient (Wildman–Crippen LogP) is 4.27. The first-order valence-corrected chi connectivity index (χ1v) is 6.29. The molecule has 0 N–H and O–H groups in total. The topological polar surface area (TPSA) is 26.0 Å². The van der Waals surface area contributed by atoms with Crippen LogP contribution in [-0.2, 0) is 0 Å². The fraction of sp³-hybridized carbons (Fsp3) is 0.500. The van der Waals surface area contributed by atoms with Crippen molar-refractivity contribution in [3.63, 3.8) is 0 Å². The van der Waals surface area contributed by atoms with Crippen LogP contribution in [0.4, 0.5) is 0 Å². The van der Waals surface area contributed by atoms with E-state index in [0.29, 0.717) is 5.92 Å². The Bertz CT molecular complexity index is 433. The number of para-hydroxylation sites is 2. The Morgan fingerprint density at radius 1 is 1.00 bits per heavy atom. The van der Waals surface area contributed by atoms with Crippen molar-refractivity contribution in [1.82, 2.24) is 4.98 Å². The summed E-state index contributed by atoms with van der Waals surface area (Å²) in [5.74, 6) is 1.51. The number of rotatable bonds is 1. The molecule has 84 valence electrons. The van der Waals surface area contributed by atoms with E-state index in [1.54, 1.807) is 0 Å². The second-order valence-electron chi connectivity index (χ2n) is 4.71. The molecular formula is C14H17NO. The van der Waals surface area contributed by atoms with Gasteiger partial charge >= 0.3 is 0 Å². The molecule has 0 atom stereocenters. The van der Waals surface area contributed by atoms with Crippen LogP contribution in [0.5, 0.6) is 0 Å². The molecule has 2 aromatic rings. The smallest absolute Gasteiger partial charge is 0.198 e. The Morgan fingerprint density at radius 2 is 1.75 bits per heavy atom. The van der Waals surface area contributed by atoms with Crippen molar-refractivity contribution in [3.05, 3.63) is 30.2 Å². The van der Waals surface area contributed by atoms with Crippen LogP contribution in [0, 0.1) is 0 Å². The highest BCUT2D eigenvalue weighted by Gasteiger charge is 2.19. The van der Waals surface area contributed by atoms with E-state index in [1.165, 1.54) is 38.5 Å². The van der Waals surface area contributed by atoms with Gasteiger partial charge in [0.05, 0.1) is 0 Å². The monoisotopic (exact) mass is 215 g/mol. The maximum absolute atomic E-state index is 5.85. The van der Waals surface area contributed by atoms with E-state index >= 15 is 0 Å². The van der Waals surface area contributed by atoms with Crippen molar-refractivity contribution in [2.75, 3.05) is 0 Å². The summed E-state index contributed by atoms with van der Waals surface area (Å²) < 4.78 is 5.85. The number of nitrogens with zero attached hydrogens (tertiary/aromatic N) is 1. The highest BCUT2D eigenvalue weighted by molar-refractivity contribution is 5.72. The third kappa shape index (κ3) is 1.84. The Labute approximate surface area is 95.7 Å². The van der Waals surface area contributed by atoms with Crippen LogP contribution in [0.15, 0.2) is 28.7 Å². The number of aromatic nitrogens is 1. The molecule has 0 amide bonds. The summed E-state index contributed by atoms with van der Waals surface area (Å²) in [6.45, 7) is 0. The minimum atomic E-state index is 0.551. The molecular weight excluding hydrogens is 198 g/mol. The van der Waals surface area contributed by atoms with Crippen molar-refractivity contribution in [2.45, 2.75) is 44.4 Å². The summed E-state index contributed by atoms with van der Waals surface area (Å²) in [4.78, 5) is 4.61. The molecule has 1 aliphatic rings. The Kier molecular flexibility index (Phi) is 2.65. The van der Waals surface area contributed by atoms with Gasteiger partial charge in [0, 0.05) is 5.92 Å². The summed E-state index contributed by atoms with van der Waals surface area (Å²) in [6, 6.07) is 8.05. The first kappa shape index (κ1) is 9.88. The quantitative estimate of drug-likeness (QED) is 0.664. The van der Waals surface area contributed by atoms with E-state index < -0.39 is 0 Å².